The first-order valence-corrected chi connectivity index (χ1v) is 13.1. The summed E-state index contributed by atoms with van der Waals surface area (Å²) in [4.78, 5) is 13.2. The van der Waals surface area contributed by atoms with E-state index in [1.165, 1.54) is 30.9 Å². The predicted molar refractivity (Wildman–Crippen MR) is 150 cm³/mol. The molecule has 0 fully saturated rings. The van der Waals surface area contributed by atoms with Crippen LogP contribution >= 0.6 is 0 Å². The molecule has 3 aromatic rings. The molecule has 194 valence electrons. The molecule has 0 aliphatic rings. The van der Waals surface area contributed by atoms with Crippen LogP contribution in [0.5, 0.6) is 11.5 Å². The molecule has 0 aliphatic heterocycles. The molecular weight excluding hydrogens is 462 g/mol. The fraction of sp³-hybridized carbons (Fsp3) is 0.355. The molecule has 1 unspecified atom stereocenters. The van der Waals surface area contributed by atoms with E-state index in [-0.39, 0.29) is 11.7 Å². The van der Waals surface area contributed by atoms with Crippen LogP contribution in [0.15, 0.2) is 60.7 Å². The number of hydrogen-bond donors (Lipinski definition) is 3. The molecular formula is C31H37N3O3. The number of unbranched alkanes of at least 4 members (excludes halogenated alkanes) is 3. The third kappa shape index (κ3) is 8.28. The minimum Gasteiger partial charge on any atom is -0.506 e. The largest absolute Gasteiger partial charge is 0.506 e. The Hall–Kier alpha value is -3.98. The maximum absolute atomic E-state index is 13.2. The van der Waals surface area contributed by atoms with Crippen LogP contribution in [0.4, 0.5) is 17.1 Å². The summed E-state index contributed by atoms with van der Waals surface area (Å²) in [7, 11) is 0. The first-order chi connectivity index (χ1) is 17.9. The molecule has 37 heavy (non-hydrogen) atoms. The Kier molecular flexibility index (Phi) is 10.4. The Morgan fingerprint density at radius 2 is 1.70 bits per heavy atom. The van der Waals surface area contributed by atoms with Gasteiger partial charge in [0.2, 0.25) is 0 Å². The van der Waals surface area contributed by atoms with Gasteiger partial charge >= 0.3 is 0 Å². The van der Waals surface area contributed by atoms with Crippen molar-refractivity contribution in [1.29, 1.82) is 5.26 Å². The molecule has 3 rings (SSSR count). The number of ether oxygens (including phenoxy) is 1. The second-order valence-electron chi connectivity index (χ2n) is 9.34. The van der Waals surface area contributed by atoms with Crippen molar-refractivity contribution in [3.63, 3.8) is 0 Å². The first kappa shape index (κ1) is 27.6. The van der Waals surface area contributed by atoms with E-state index in [2.05, 4.69) is 42.7 Å². The number of rotatable bonds is 13. The Morgan fingerprint density at radius 1 is 0.973 bits per heavy atom. The van der Waals surface area contributed by atoms with Crippen LogP contribution in [0.1, 0.15) is 69.1 Å². The van der Waals surface area contributed by atoms with Gasteiger partial charge in [-0.15, -0.1) is 0 Å². The van der Waals surface area contributed by atoms with E-state index in [4.69, 9.17) is 10.00 Å². The number of hydrogen-bond acceptors (Lipinski definition) is 5. The maximum atomic E-state index is 13.2. The average molecular weight is 500 g/mol. The number of benzene rings is 3. The number of phenolic OH excluding ortho intramolecular Hbond substituents is 1. The molecule has 0 spiro atoms. The van der Waals surface area contributed by atoms with E-state index in [9.17, 15) is 9.90 Å². The Labute approximate surface area is 220 Å². The van der Waals surface area contributed by atoms with Crippen LogP contribution in [0, 0.1) is 18.3 Å². The average Bonchev–Trinajstić information content (AvgIpc) is 2.89. The fourth-order valence-electron chi connectivity index (χ4n) is 4.09. The van der Waals surface area contributed by atoms with Gasteiger partial charge in [-0.1, -0.05) is 45.2 Å². The minimum atomic E-state index is -0.636. The van der Waals surface area contributed by atoms with Gasteiger partial charge in [-0.2, -0.15) is 5.26 Å². The lowest BCUT2D eigenvalue weighted by Crippen LogP contribution is -2.33. The number of nitrogens with zero attached hydrogens (tertiary/aromatic N) is 1. The van der Waals surface area contributed by atoms with Crippen molar-refractivity contribution in [2.75, 3.05) is 10.6 Å². The number of amides is 1. The Balaban J connectivity index is 1.67. The van der Waals surface area contributed by atoms with Crippen molar-refractivity contribution in [3.05, 3.63) is 77.4 Å². The number of anilines is 3. The highest BCUT2D eigenvalue weighted by molar-refractivity contribution is 5.95. The van der Waals surface area contributed by atoms with Crippen LogP contribution < -0.4 is 15.4 Å². The minimum absolute atomic E-state index is 0.00249. The lowest BCUT2D eigenvalue weighted by atomic mass is 10.0. The second kappa shape index (κ2) is 13.9. The fourth-order valence-corrected chi connectivity index (χ4v) is 4.09. The molecule has 6 nitrogen and oxygen atoms in total. The van der Waals surface area contributed by atoms with E-state index < -0.39 is 6.10 Å². The highest BCUT2D eigenvalue weighted by atomic mass is 16.5. The first-order valence-electron chi connectivity index (χ1n) is 13.1. The zero-order valence-electron chi connectivity index (χ0n) is 22.0. The molecule has 1 atom stereocenters. The summed E-state index contributed by atoms with van der Waals surface area (Å²) in [5, 5.41) is 25.5. The van der Waals surface area contributed by atoms with Crippen LogP contribution in [0.3, 0.4) is 0 Å². The van der Waals surface area contributed by atoms with Gasteiger partial charge in [0.25, 0.3) is 5.91 Å². The normalized spacial score (nSPS) is 11.4. The van der Waals surface area contributed by atoms with Gasteiger partial charge in [-0.3, -0.25) is 4.79 Å². The molecule has 0 saturated carbocycles. The number of carbonyl (C=O) groups excluding carboxylic acids is 1. The summed E-state index contributed by atoms with van der Waals surface area (Å²) in [5.74, 6) is 0.482. The van der Waals surface area contributed by atoms with E-state index in [1.54, 1.807) is 36.4 Å². The monoisotopic (exact) mass is 499 g/mol. The Morgan fingerprint density at radius 3 is 2.35 bits per heavy atom. The van der Waals surface area contributed by atoms with Crippen molar-refractivity contribution < 1.29 is 14.6 Å². The van der Waals surface area contributed by atoms with Gasteiger partial charge in [0.1, 0.15) is 11.5 Å². The topological polar surface area (TPSA) is 94.4 Å². The summed E-state index contributed by atoms with van der Waals surface area (Å²) >= 11 is 0. The molecule has 0 radical (unpaired) electrons. The van der Waals surface area contributed by atoms with Gasteiger partial charge in [-0.05, 0) is 86.2 Å². The van der Waals surface area contributed by atoms with Crippen molar-refractivity contribution in [3.8, 4) is 17.6 Å². The Bertz CT molecular complexity index is 1220. The highest BCUT2D eigenvalue weighted by Crippen LogP contribution is 2.30. The zero-order valence-corrected chi connectivity index (χ0v) is 22.0. The quantitative estimate of drug-likeness (QED) is 0.166. The van der Waals surface area contributed by atoms with E-state index >= 15 is 0 Å². The summed E-state index contributed by atoms with van der Waals surface area (Å²) in [6.07, 6.45) is 6.43. The molecule has 3 aromatic carbocycles. The smallest absolute Gasteiger partial charge is 0.265 e. The van der Waals surface area contributed by atoms with Crippen LogP contribution in [0.2, 0.25) is 0 Å². The van der Waals surface area contributed by atoms with Gasteiger partial charge < -0.3 is 20.5 Å². The van der Waals surface area contributed by atoms with Gasteiger partial charge in [0.05, 0.1) is 17.3 Å². The number of carbonyl (C=O) groups is 1. The number of nitrogens with one attached hydrogen (secondary N) is 2. The predicted octanol–water partition coefficient (Wildman–Crippen LogP) is 7.62. The summed E-state index contributed by atoms with van der Waals surface area (Å²) < 4.78 is 6.20. The van der Waals surface area contributed by atoms with Crippen molar-refractivity contribution in [1.82, 2.24) is 0 Å². The van der Waals surface area contributed by atoms with E-state index in [0.717, 1.165) is 36.3 Å². The molecule has 0 aromatic heterocycles. The summed E-state index contributed by atoms with van der Waals surface area (Å²) in [6.45, 7) is 6.31. The zero-order chi connectivity index (χ0) is 26.6. The van der Waals surface area contributed by atoms with E-state index in [0.29, 0.717) is 23.4 Å². The molecule has 3 N–H and O–H groups in total. The van der Waals surface area contributed by atoms with Crippen molar-refractivity contribution in [2.45, 2.75) is 71.8 Å². The molecule has 6 heteroatoms. The summed E-state index contributed by atoms with van der Waals surface area (Å²) in [6, 6.07) is 20.2. The number of phenols is 1. The van der Waals surface area contributed by atoms with Crippen LogP contribution in [0.25, 0.3) is 0 Å². The maximum Gasteiger partial charge on any atom is 0.265 e. The van der Waals surface area contributed by atoms with Crippen LogP contribution in [-0.2, 0) is 11.2 Å². The number of aromatic hydroxyl groups is 1. The van der Waals surface area contributed by atoms with Gasteiger partial charge in [0, 0.05) is 17.4 Å². The van der Waals surface area contributed by atoms with Crippen molar-refractivity contribution >= 4 is 23.0 Å². The van der Waals surface area contributed by atoms with Crippen molar-refractivity contribution in [2.24, 2.45) is 0 Å². The molecule has 0 saturated heterocycles. The van der Waals surface area contributed by atoms with E-state index in [1.807, 2.05) is 13.0 Å². The third-order valence-corrected chi connectivity index (χ3v) is 6.25. The highest BCUT2D eigenvalue weighted by Gasteiger charge is 2.21. The third-order valence-electron chi connectivity index (χ3n) is 6.25. The molecule has 0 heterocycles. The molecule has 0 aliphatic carbocycles. The second-order valence-corrected chi connectivity index (χ2v) is 9.34. The molecule has 0 bridgehead atoms. The van der Waals surface area contributed by atoms with Crippen LogP contribution in [-0.4, -0.2) is 17.1 Å². The lowest BCUT2D eigenvalue weighted by Gasteiger charge is -2.20. The lowest BCUT2D eigenvalue weighted by molar-refractivity contribution is -0.123. The van der Waals surface area contributed by atoms with Gasteiger partial charge in [-0.25, -0.2) is 0 Å². The molecule has 1 amide bonds. The standard InChI is InChI=1S/C31H37N3O3/c1-4-6-8-9-23-13-18-29(22(3)19-23)37-30(10-7-5-2)31(36)34-26-16-17-27(28(35)20-26)33-25-14-11-24(21-32)12-15-25/h11-20,30,33,35H,4-10H2,1-3H3,(H,34,36). The van der Waals surface area contributed by atoms with Gasteiger partial charge in [0.15, 0.2) is 6.10 Å². The number of aryl methyl sites for hydroxylation is 2. The number of nitriles is 1. The summed E-state index contributed by atoms with van der Waals surface area (Å²) in [5.41, 5.74) is 4.60. The SMILES string of the molecule is CCCCCc1ccc(OC(CCCC)C(=O)Nc2ccc(Nc3ccc(C#N)cc3)c(O)c2)c(C)c1.